The van der Waals surface area contributed by atoms with Gasteiger partial charge in [0.05, 0.1) is 27.8 Å². The number of thioether (sulfide) groups is 1. The fourth-order valence-electron chi connectivity index (χ4n) is 3.45. The number of hydrogen-bond acceptors (Lipinski definition) is 6. The molecule has 37 heavy (non-hydrogen) atoms. The molecule has 1 fully saturated rings. The lowest BCUT2D eigenvalue weighted by molar-refractivity contribution is -0.121. The smallest absolute Gasteiger partial charge is 0.335 e. The summed E-state index contributed by atoms with van der Waals surface area (Å²) >= 11 is 7.70. The number of carbonyl (C=O) groups excluding carboxylic acids is 1. The zero-order valence-corrected chi connectivity index (χ0v) is 21.5. The van der Waals surface area contributed by atoms with Gasteiger partial charge in [-0.25, -0.2) is 14.2 Å². The zero-order valence-electron chi connectivity index (χ0n) is 19.9. The number of nitrogens with zero attached hydrogens (tertiary/aromatic N) is 2. The van der Waals surface area contributed by atoms with Crippen molar-refractivity contribution >= 4 is 52.2 Å². The third-order valence-corrected chi connectivity index (χ3v) is 6.59. The van der Waals surface area contributed by atoms with Crippen LogP contribution in [-0.4, -0.2) is 40.7 Å². The molecule has 0 spiro atoms. The minimum absolute atomic E-state index is 0.102. The van der Waals surface area contributed by atoms with Gasteiger partial charge in [-0.2, -0.15) is 0 Å². The van der Waals surface area contributed by atoms with E-state index in [0.29, 0.717) is 45.0 Å². The van der Waals surface area contributed by atoms with Crippen LogP contribution in [0.4, 0.5) is 10.1 Å². The molecule has 10 heteroatoms. The van der Waals surface area contributed by atoms with Crippen molar-refractivity contribution in [2.75, 3.05) is 13.7 Å². The van der Waals surface area contributed by atoms with Crippen molar-refractivity contribution in [1.82, 2.24) is 4.90 Å². The van der Waals surface area contributed by atoms with E-state index in [0.717, 1.165) is 0 Å². The third kappa shape index (κ3) is 6.31. The van der Waals surface area contributed by atoms with E-state index in [1.54, 1.807) is 49.5 Å². The molecule has 4 rings (SSSR count). The Morgan fingerprint density at radius 1 is 1.16 bits per heavy atom. The number of ether oxygens (including phenoxy) is 2. The van der Waals surface area contributed by atoms with E-state index in [9.17, 15) is 14.0 Å². The molecule has 0 aromatic heterocycles. The average Bonchev–Trinajstić information content (AvgIpc) is 3.11. The van der Waals surface area contributed by atoms with Crippen LogP contribution in [0.3, 0.4) is 0 Å². The van der Waals surface area contributed by atoms with Crippen molar-refractivity contribution < 1.29 is 28.6 Å². The number of hydrogen-bond donors (Lipinski definition) is 1. The molecule has 3 aromatic rings. The summed E-state index contributed by atoms with van der Waals surface area (Å²) < 4.78 is 25.1. The molecule has 7 nitrogen and oxygen atoms in total. The number of benzene rings is 3. The molecule has 0 radical (unpaired) electrons. The molecule has 1 heterocycles. The number of aliphatic imine (C=N–C) groups is 1. The van der Waals surface area contributed by atoms with E-state index in [1.807, 2.05) is 6.92 Å². The first-order chi connectivity index (χ1) is 17.7. The lowest BCUT2D eigenvalue weighted by Gasteiger charge is -2.15. The largest absolute Gasteiger partial charge is 0.490 e. The Bertz CT molecular complexity index is 1410. The van der Waals surface area contributed by atoms with Crippen molar-refractivity contribution in [3.8, 4) is 11.5 Å². The lowest BCUT2D eigenvalue weighted by Crippen LogP contribution is -2.23. The monoisotopic (exact) mass is 540 g/mol. The van der Waals surface area contributed by atoms with Crippen molar-refractivity contribution in [2.24, 2.45) is 4.99 Å². The third-order valence-electron chi connectivity index (χ3n) is 5.24. The molecule has 0 unspecified atom stereocenters. The second kappa shape index (κ2) is 11.5. The highest BCUT2D eigenvalue weighted by Crippen LogP contribution is 2.39. The van der Waals surface area contributed by atoms with E-state index in [-0.39, 0.29) is 28.9 Å². The Balaban J connectivity index is 1.57. The fourth-order valence-corrected chi connectivity index (χ4v) is 4.71. The van der Waals surface area contributed by atoms with Gasteiger partial charge in [-0.15, -0.1) is 0 Å². The minimum atomic E-state index is -1.03. The Morgan fingerprint density at radius 3 is 2.59 bits per heavy atom. The van der Waals surface area contributed by atoms with Gasteiger partial charge >= 0.3 is 5.97 Å². The van der Waals surface area contributed by atoms with Crippen LogP contribution >= 0.6 is 23.4 Å². The van der Waals surface area contributed by atoms with Crippen LogP contribution in [0.5, 0.6) is 11.5 Å². The van der Waals surface area contributed by atoms with E-state index in [2.05, 4.69) is 4.99 Å². The highest BCUT2D eigenvalue weighted by molar-refractivity contribution is 8.18. The predicted molar refractivity (Wildman–Crippen MR) is 142 cm³/mol. The zero-order chi connectivity index (χ0) is 26.5. The molecular weight excluding hydrogens is 519 g/mol. The van der Waals surface area contributed by atoms with E-state index in [4.69, 9.17) is 26.2 Å². The quantitative estimate of drug-likeness (QED) is 0.333. The Hall–Kier alpha value is -3.82. The summed E-state index contributed by atoms with van der Waals surface area (Å²) in [5.41, 5.74) is 1.95. The molecule has 1 amide bonds. The molecule has 0 bridgehead atoms. The molecule has 190 valence electrons. The SMILES string of the molecule is CCOc1cc(/C=C2\SC(=Nc3ccc(C(=O)O)cc3)N(C)C2=O)cc(Cl)c1OCc1cccc(F)c1. The fraction of sp³-hybridized carbons (Fsp3) is 0.148. The minimum Gasteiger partial charge on any atom is -0.490 e. The molecule has 0 atom stereocenters. The summed E-state index contributed by atoms with van der Waals surface area (Å²) in [6, 6.07) is 15.5. The maximum Gasteiger partial charge on any atom is 0.335 e. The van der Waals surface area contributed by atoms with Gasteiger partial charge in [0.2, 0.25) is 0 Å². The number of halogens is 2. The Kier molecular flexibility index (Phi) is 8.15. The molecule has 1 N–H and O–H groups in total. The van der Waals surface area contributed by atoms with Crippen LogP contribution in [-0.2, 0) is 11.4 Å². The number of rotatable bonds is 8. The first-order valence-corrected chi connectivity index (χ1v) is 12.4. The normalized spacial score (nSPS) is 15.5. The molecule has 0 aliphatic carbocycles. The molecule has 3 aromatic carbocycles. The Morgan fingerprint density at radius 2 is 1.92 bits per heavy atom. The number of amides is 1. The number of carboxylic acids is 1. The van der Waals surface area contributed by atoms with Gasteiger partial charge in [0.1, 0.15) is 12.4 Å². The summed E-state index contributed by atoms with van der Waals surface area (Å²) in [7, 11) is 1.61. The van der Waals surface area contributed by atoms with Crippen LogP contribution in [0.1, 0.15) is 28.4 Å². The van der Waals surface area contributed by atoms with Crippen LogP contribution < -0.4 is 9.47 Å². The van der Waals surface area contributed by atoms with Gasteiger partial charge in [0.25, 0.3) is 5.91 Å². The van der Waals surface area contributed by atoms with Gasteiger partial charge in [-0.05, 0) is 84.4 Å². The van der Waals surface area contributed by atoms with Gasteiger partial charge in [-0.1, -0.05) is 23.7 Å². The van der Waals surface area contributed by atoms with Gasteiger partial charge < -0.3 is 14.6 Å². The summed E-state index contributed by atoms with van der Waals surface area (Å²) in [5.74, 6) is -0.907. The number of aromatic carboxylic acids is 1. The summed E-state index contributed by atoms with van der Waals surface area (Å²) in [6.45, 7) is 2.29. The molecule has 1 saturated heterocycles. The molecule has 0 saturated carbocycles. The first kappa shape index (κ1) is 26.2. The summed E-state index contributed by atoms with van der Waals surface area (Å²) in [6.07, 6.45) is 1.68. The topological polar surface area (TPSA) is 88.4 Å². The van der Waals surface area contributed by atoms with Crippen molar-refractivity contribution in [1.29, 1.82) is 0 Å². The number of likely N-dealkylation sites (N-methyl/N-ethyl adjacent to an activating group) is 1. The van der Waals surface area contributed by atoms with Crippen molar-refractivity contribution in [2.45, 2.75) is 13.5 Å². The van der Waals surface area contributed by atoms with E-state index < -0.39 is 5.97 Å². The second-order valence-corrected chi connectivity index (χ2v) is 9.32. The number of amidine groups is 1. The summed E-state index contributed by atoms with van der Waals surface area (Å²) in [4.78, 5) is 30.2. The van der Waals surface area contributed by atoms with Gasteiger partial charge in [0, 0.05) is 7.05 Å². The maximum atomic E-state index is 13.5. The standard InChI is InChI=1S/C27H22ClFN2O5S/c1-3-35-22-13-17(12-21(28)24(22)36-15-16-5-4-6-19(29)11-16)14-23-25(32)31(2)27(37-23)30-20-9-7-18(8-10-20)26(33)34/h4-14H,3,15H2,1-2H3,(H,33,34)/b23-14-,30-27?. The molecule has 1 aliphatic rings. The number of carboxylic acid groups (broad SMARTS) is 1. The second-order valence-electron chi connectivity index (χ2n) is 7.90. The Labute approximate surface area is 222 Å². The molecule has 1 aliphatic heterocycles. The van der Waals surface area contributed by atoms with Crippen LogP contribution in [0, 0.1) is 5.82 Å². The van der Waals surface area contributed by atoms with Gasteiger partial charge in [-0.3, -0.25) is 9.69 Å². The van der Waals surface area contributed by atoms with Gasteiger partial charge in [0.15, 0.2) is 16.7 Å². The van der Waals surface area contributed by atoms with Crippen molar-refractivity contribution in [3.63, 3.8) is 0 Å². The number of carbonyl (C=O) groups is 2. The van der Waals surface area contributed by atoms with Crippen LogP contribution in [0.25, 0.3) is 6.08 Å². The average molecular weight is 541 g/mol. The summed E-state index contributed by atoms with van der Waals surface area (Å²) in [5, 5.41) is 9.79. The highest BCUT2D eigenvalue weighted by Gasteiger charge is 2.30. The molecular formula is C27H22ClFN2O5S. The highest BCUT2D eigenvalue weighted by atomic mass is 35.5. The maximum absolute atomic E-state index is 13.5. The van der Waals surface area contributed by atoms with E-state index >= 15 is 0 Å². The predicted octanol–water partition coefficient (Wildman–Crippen LogP) is 6.39. The van der Waals surface area contributed by atoms with Crippen LogP contribution in [0.15, 0.2) is 70.6 Å². The first-order valence-electron chi connectivity index (χ1n) is 11.2. The lowest BCUT2D eigenvalue weighted by atomic mass is 10.1. The van der Waals surface area contributed by atoms with Crippen LogP contribution in [0.2, 0.25) is 5.02 Å². The van der Waals surface area contributed by atoms with E-state index in [1.165, 1.54) is 40.9 Å². The van der Waals surface area contributed by atoms with Crippen molar-refractivity contribution in [3.05, 3.63) is 93.1 Å².